The van der Waals surface area contributed by atoms with Gasteiger partial charge in [-0.1, -0.05) is 42.5 Å². The minimum Gasteiger partial charge on any atom is -0.493 e. The Morgan fingerprint density at radius 1 is 0.939 bits per heavy atom. The molecule has 8 heteroatoms. The highest BCUT2D eigenvalue weighted by atomic mass is 16.5. The van der Waals surface area contributed by atoms with Crippen LogP contribution in [0.2, 0.25) is 0 Å². The van der Waals surface area contributed by atoms with Crippen molar-refractivity contribution >= 4 is 22.5 Å². The maximum absolute atomic E-state index is 12.2. The molecule has 8 nitrogen and oxygen atoms in total. The van der Waals surface area contributed by atoms with Gasteiger partial charge in [-0.05, 0) is 35.9 Å². The first kappa shape index (κ1) is 21.9. The number of benzene rings is 3. The number of aromatic nitrogens is 1. The summed E-state index contributed by atoms with van der Waals surface area (Å²) in [6.07, 6.45) is 0. The fourth-order valence-corrected chi connectivity index (χ4v) is 3.49. The van der Waals surface area contributed by atoms with Gasteiger partial charge in [-0.15, -0.1) is 10.2 Å². The Morgan fingerprint density at radius 2 is 1.67 bits per heavy atom. The Hall–Kier alpha value is -4.33. The van der Waals surface area contributed by atoms with Crippen molar-refractivity contribution in [2.45, 2.75) is 6.54 Å². The lowest BCUT2D eigenvalue weighted by molar-refractivity contribution is -0.120. The van der Waals surface area contributed by atoms with Gasteiger partial charge < -0.3 is 23.9 Å². The molecule has 4 rings (SSSR count). The molecule has 4 aromatic rings. The summed E-state index contributed by atoms with van der Waals surface area (Å²) in [5.41, 5.74) is 1.87. The third-order valence-corrected chi connectivity index (χ3v) is 5.07. The lowest BCUT2D eigenvalue weighted by Crippen LogP contribution is -2.07. The van der Waals surface area contributed by atoms with Crippen LogP contribution in [0.5, 0.6) is 23.1 Å². The molecule has 0 radical (unpaired) electrons. The van der Waals surface area contributed by atoms with Gasteiger partial charge in [0.1, 0.15) is 5.75 Å². The van der Waals surface area contributed by atoms with Gasteiger partial charge in [-0.2, -0.15) is 0 Å². The number of para-hydroxylation sites is 2. The molecule has 0 unspecified atom stereocenters. The molecule has 0 saturated heterocycles. The van der Waals surface area contributed by atoms with E-state index >= 15 is 0 Å². The van der Waals surface area contributed by atoms with E-state index in [0.29, 0.717) is 29.2 Å². The van der Waals surface area contributed by atoms with Crippen LogP contribution in [-0.2, 0) is 11.3 Å². The van der Waals surface area contributed by atoms with Gasteiger partial charge in [-0.3, -0.25) is 4.79 Å². The van der Waals surface area contributed by atoms with E-state index in [2.05, 4.69) is 10.2 Å². The molecule has 0 saturated carbocycles. The molecule has 0 spiro atoms. The second-order valence-corrected chi connectivity index (χ2v) is 7.16. The highest BCUT2D eigenvalue weighted by molar-refractivity contribution is 5.95. The average molecular weight is 445 g/mol. The van der Waals surface area contributed by atoms with Crippen LogP contribution in [0, 0.1) is 0 Å². The monoisotopic (exact) mass is 445 g/mol. The van der Waals surface area contributed by atoms with E-state index < -0.39 is 5.91 Å². The van der Waals surface area contributed by atoms with Crippen molar-refractivity contribution in [3.63, 3.8) is 0 Å². The Labute approximate surface area is 190 Å². The van der Waals surface area contributed by atoms with Gasteiger partial charge >= 0.3 is 5.91 Å². The first-order valence-electron chi connectivity index (χ1n) is 10.2. The lowest BCUT2D eigenvalue weighted by Gasteiger charge is -2.11. The molecule has 0 atom stereocenters. The minimum absolute atomic E-state index is 0.0912. The number of hydrogen-bond acceptors (Lipinski definition) is 6. The molecular weight excluding hydrogens is 422 g/mol. The zero-order chi connectivity index (χ0) is 23.2. The number of aromatic hydroxyl groups is 1. The summed E-state index contributed by atoms with van der Waals surface area (Å²) in [5, 5.41) is 19.4. The van der Waals surface area contributed by atoms with Crippen LogP contribution in [0.15, 0.2) is 83.0 Å². The first-order valence-corrected chi connectivity index (χ1v) is 10.2. The van der Waals surface area contributed by atoms with Gasteiger partial charge in [0.2, 0.25) is 5.88 Å². The molecule has 1 aromatic heterocycles. The molecule has 1 heterocycles. The molecule has 0 bridgehead atoms. The van der Waals surface area contributed by atoms with Crippen molar-refractivity contribution in [2.24, 2.45) is 10.2 Å². The number of rotatable bonds is 8. The van der Waals surface area contributed by atoms with E-state index in [1.807, 2.05) is 60.7 Å². The zero-order valence-electron chi connectivity index (χ0n) is 18.3. The summed E-state index contributed by atoms with van der Waals surface area (Å²) < 4.78 is 17.8. The standard InChI is InChI=1S/C25H23N3O5/c1-31-21-13-12-17(14-22(21)32-2)15-28-20-11-7-6-10-19(20)24(25(28)30)27-26-23(29)16-33-18-8-4-3-5-9-18/h3-14,30H,15-16H2,1-2H3. The van der Waals surface area contributed by atoms with Crippen LogP contribution >= 0.6 is 0 Å². The predicted octanol–water partition coefficient (Wildman–Crippen LogP) is 5.10. The van der Waals surface area contributed by atoms with Crippen molar-refractivity contribution in [3.8, 4) is 23.1 Å². The molecule has 0 aliphatic rings. The fraction of sp³-hybridized carbons (Fsp3) is 0.160. The Bertz CT molecular complexity index is 1300. The third-order valence-electron chi connectivity index (χ3n) is 5.07. The summed E-state index contributed by atoms with van der Waals surface area (Å²) in [7, 11) is 3.15. The highest BCUT2D eigenvalue weighted by Crippen LogP contribution is 2.39. The molecule has 1 amide bonds. The summed E-state index contributed by atoms with van der Waals surface area (Å²) in [6, 6.07) is 21.9. The number of hydrogen-bond donors (Lipinski definition) is 1. The summed E-state index contributed by atoms with van der Waals surface area (Å²) in [6.45, 7) is 0.103. The molecular formula is C25H23N3O5. The van der Waals surface area contributed by atoms with Crippen molar-refractivity contribution < 1.29 is 24.1 Å². The van der Waals surface area contributed by atoms with Crippen molar-refractivity contribution in [1.29, 1.82) is 0 Å². The summed E-state index contributed by atoms with van der Waals surface area (Å²) in [5.74, 6) is 1.13. The molecule has 1 N–H and O–H groups in total. The smallest absolute Gasteiger partial charge is 0.302 e. The minimum atomic E-state index is -0.560. The van der Waals surface area contributed by atoms with Gasteiger partial charge in [0.05, 0.1) is 26.3 Å². The van der Waals surface area contributed by atoms with Gasteiger partial charge in [0.15, 0.2) is 23.8 Å². The maximum atomic E-state index is 12.2. The van der Waals surface area contributed by atoms with Crippen molar-refractivity contribution in [2.75, 3.05) is 20.8 Å². The van der Waals surface area contributed by atoms with Crippen LogP contribution < -0.4 is 14.2 Å². The molecule has 0 aliphatic carbocycles. The van der Waals surface area contributed by atoms with E-state index in [0.717, 1.165) is 11.1 Å². The molecule has 33 heavy (non-hydrogen) atoms. The van der Waals surface area contributed by atoms with E-state index in [-0.39, 0.29) is 18.2 Å². The zero-order valence-corrected chi connectivity index (χ0v) is 18.3. The lowest BCUT2D eigenvalue weighted by atomic mass is 10.2. The Balaban J connectivity index is 1.59. The molecule has 168 valence electrons. The predicted molar refractivity (Wildman–Crippen MR) is 124 cm³/mol. The van der Waals surface area contributed by atoms with Crippen LogP contribution in [-0.4, -0.2) is 36.4 Å². The fourth-order valence-electron chi connectivity index (χ4n) is 3.49. The van der Waals surface area contributed by atoms with E-state index in [1.165, 1.54) is 0 Å². The van der Waals surface area contributed by atoms with Gasteiger partial charge in [0, 0.05) is 5.39 Å². The topological polar surface area (TPSA) is 94.6 Å². The quantitative estimate of drug-likeness (QED) is 0.381. The molecule has 0 fully saturated rings. The second-order valence-electron chi connectivity index (χ2n) is 7.16. The number of carbonyl (C=O) groups is 1. The van der Waals surface area contributed by atoms with E-state index in [4.69, 9.17) is 14.2 Å². The van der Waals surface area contributed by atoms with Crippen LogP contribution in [0.3, 0.4) is 0 Å². The molecule has 3 aromatic carbocycles. The van der Waals surface area contributed by atoms with Crippen LogP contribution in [0.25, 0.3) is 10.9 Å². The second kappa shape index (κ2) is 9.86. The van der Waals surface area contributed by atoms with Crippen molar-refractivity contribution in [1.82, 2.24) is 4.57 Å². The number of azo groups is 1. The SMILES string of the molecule is COc1ccc(Cn2c(O)c(N=NC(=O)COc3ccccc3)c3ccccc32)cc1OC. The Morgan fingerprint density at radius 3 is 2.42 bits per heavy atom. The number of carbonyl (C=O) groups excluding carboxylic acids is 1. The number of ether oxygens (including phenoxy) is 3. The van der Waals surface area contributed by atoms with Gasteiger partial charge in [0.25, 0.3) is 0 Å². The highest BCUT2D eigenvalue weighted by Gasteiger charge is 2.18. The van der Waals surface area contributed by atoms with Crippen LogP contribution in [0.4, 0.5) is 5.69 Å². The maximum Gasteiger partial charge on any atom is 0.302 e. The number of amides is 1. The summed E-state index contributed by atoms with van der Waals surface area (Å²) in [4.78, 5) is 12.2. The van der Waals surface area contributed by atoms with E-state index in [1.54, 1.807) is 30.9 Å². The van der Waals surface area contributed by atoms with E-state index in [9.17, 15) is 9.90 Å². The van der Waals surface area contributed by atoms with Crippen molar-refractivity contribution in [3.05, 3.63) is 78.4 Å². The number of methoxy groups -OCH3 is 2. The largest absolute Gasteiger partial charge is 0.493 e. The van der Waals surface area contributed by atoms with Crippen LogP contribution in [0.1, 0.15) is 5.56 Å². The third kappa shape index (κ3) is 4.79. The normalized spacial score (nSPS) is 11.1. The summed E-state index contributed by atoms with van der Waals surface area (Å²) >= 11 is 0. The molecule has 0 aliphatic heterocycles. The Kier molecular flexibility index (Phi) is 6.54. The average Bonchev–Trinajstić information content (AvgIpc) is 3.12. The number of fused-ring (bicyclic) bond motifs is 1. The van der Waals surface area contributed by atoms with Gasteiger partial charge in [-0.25, -0.2) is 0 Å². The number of nitrogens with zero attached hydrogens (tertiary/aromatic N) is 3. The first-order chi connectivity index (χ1) is 16.1.